The Morgan fingerprint density at radius 3 is 2.60 bits per heavy atom. The molecule has 0 bridgehead atoms. The minimum atomic E-state index is 0.0884. The summed E-state index contributed by atoms with van der Waals surface area (Å²) in [6.07, 6.45) is 5.41. The fraction of sp³-hybridized carbons (Fsp3) is 0.280. The highest BCUT2D eigenvalue weighted by molar-refractivity contribution is 7.99. The van der Waals surface area contributed by atoms with Gasteiger partial charge in [-0.05, 0) is 62.3 Å². The number of rotatable bonds is 5. The Balaban J connectivity index is 1.59. The number of thiophene rings is 1. The highest BCUT2D eigenvalue weighted by atomic mass is 32.2. The van der Waals surface area contributed by atoms with E-state index in [4.69, 9.17) is 4.98 Å². The summed E-state index contributed by atoms with van der Waals surface area (Å²) >= 11 is 3.40. The van der Waals surface area contributed by atoms with Crippen LogP contribution in [0.3, 0.4) is 0 Å². The van der Waals surface area contributed by atoms with Gasteiger partial charge in [0.25, 0.3) is 5.56 Å². The van der Waals surface area contributed by atoms with Gasteiger partial charge in [0.15, 0.2) is 5.16 Å². The predicted molar refractivity (Wildman–Crippen MR) is 127 cm³/mol. The lowest BCUT2D eigenvalue weighted by molar-refractivity contribution is 0.699. The number of aryl methyl sites for hydroxylation is 4. The number of thioether (sulfide) groups is 1. The molecule has 5 rings (SSSR count). The van der Waals surface area contributed by atoms with Crippen molar-refractivity contribution < 1.29 is 0 Å². The van der Waals surface area contributed by atoms with Crippen LogP contribution >= 0.6 is 23.1 Å². The van der Waals surface area contributed by atoms with Crippen LogP contribution in [0.25, 0.3) is 15.9 Å². The highest BCUT2D eigenvalue weighted by Crippen LogP contribution is 2.35. The van der Waals surface area contributed by atoms with Gasteiger partial charge in [-0.3, -0.25) is 9.36 Å². The summed E-state index contributed by atoms with van der Waals surface area (Å²) in [4.78, 5) is 21.0. The fourth-order valence-electron chi connectivity index (χ4n) is 4.11. The minimum Gasteiger partial charge on any atom is -0.268 e. The van der Waals surface area contributed by atoms with E-state index in [9.17, 15) is 4.79 Å². The third-order valence-electron chi connectivity index (χ3n) is 5.72. The average Bonchev–Trinajstić information content (AvgIpc) is 3.14. The van der Waals surface area contributed by atoms with Gasteiger partial charge in [-0.15, -0.1) is 11.3 Å². The Kier molecular flexibility index (Phi) is 5.48. The predicted octanol–water partition coefficient (Wildman–Crippen LogP) is 5.97. The van der Waals surface area contributed by atoms with Crippen LogP contribution in [-0.2, 0) is 19.3 Å². The molecule has 0 saturated heterocycles. The third-order valence-corrected chi connectivity index (χ3v) is 7.84. The smallest absolute Gasteiger partial charge is 0.267 e. The second-order valence-corrected chi connectivity index (χ2v) is 9.99. The van der Waals surface area contributed by atoms with E-state index >= 15 is 0 Å². The topological polar surface area (TPSA) is 34.9 Å². The zero-order valence-corrected chi connectivity index (χ0v) is 18.7. The van der Waals surface area contributed by atoms with Crippen LogP contribution < -0.4 is 5.56 Å². The monoisotopic (exact) mass is 432 g/mol. The third kappa shape index (κ3) is 3.72. The molecule has 2 heterocycles. The first-order chi connectivity index (χ1) is 14.7. The Morgan fingerprint density at radius 1 is 1.03 bits per heavy atom. The van der Waals surface area contributed by atoms with Gasteiger partial charge >= 0.3 is 0 Å². The molecule has 1 aliphatic rings. The van der Waals surface area contributed by atoms with Gasteiger partial charge in [-0.1, -0.05) is 59.8 Å². The van der Waals surface area contributed by atoms with E-state index in [1.165, 1.54) is 28.0 Å². The number of hydrogen-bond donors (Lipinski definition) is 0. The van der Waals surface area contributed by atoms with Crippen LogP contribution in [0.2, 0.25) is 0 Å². The Hall–Kier alpha value is -2.37. The Morgan fingerprint density at radius 2 is 1.80 bits per heavy atom. The zero-order chi connectivity index (χ0) is 20.5. The molecule has 0 aliphatic heterocycles. The van der Waals surface area contributed by atoms with Crippen LogP contribution in [0.5, 0.6) is 0 Å². The molecule has 30 heavy (non-hydrogen) atoms. The van der Waals surface area contributed by atoms with Crippen LogP contribution in [0.4, 0.5) is 0 Å². The highest BCUT2D eigenvalue weighted by Gasteiger charge is 2.22. The van der Waals surface area contributed by atoms with Gasteiger partial charge in [0, 0.05) is 10.6 Å². The Bertz CT molecular complexity index is 1240. The molecular weight excluding hydrogens is 408 g/mol. The first-order valence-electron chi connectivity index (χ1n) is 10.5. The summed E-state index contributed by atoms with van der Waals surface area (Å²) in [5, 5.41) is 1.65. The second-order valence-electron chi connectivity index (χ2n) is 7.85. The van der Waals surface area contributed by atoms with E-state index in [1.807, 2.05) is 22.8 Å². The van der Waals surface area contributed by atoms with E-state index in [0.717, 1.165) is 52.5 Å². The molecule has 1 aliphatic carbocycles. The maximum atomic E-state index is 13.7. The van der Waals surface area contributed by atoms with Crippen LogP contribution in [-0.4, -0.2) is 15.3 Å². The second kappa shape index (κ2) is 8.40. The fourth-order valence-corrected chi connectivity index (χ4v) is 6.41. The largest absolute Gasteiger partial charge is 0.268 e. The Labute approximate surface area is 184 Å². The van der Waals surface area contributed by atoms with Gasteiger partial charge < -0.3 is 0 Å². The van der Waals surface area contributed by atoms with Gasteiger partial charge in [-0.25, -0.2) is 4.98 Å². The SMILES string of the molecule is Cc1ccc(-n2c(SCCc3ccccc3)nc3sc4c(c3c2=O)CCCC4)cc1. The lowest BCUT2D eigenvalue weighted by atomic mass is 9.97. The summed E-state index contributed by atoms with van der Waals surface area (Å²) < 4.78 is 1.83. The zero-order valence-electron chi connectivity index (χ0n) is 17.1. The lowest BCUT2D eigenvalue weighted by Crippen LogP contribution is -2.22. The normalized spacial score (nSPS) is 13.5. The number of fused-ring (bicyclic) bond motifs is 3. The number of benzene rings is 2. The summed E-state index contributed by atoms with van der Waals surface area (Å²) in [6, 6.07) is 18.7. The maximum absolute atomic E-state index is 13.7. The van der Waals surface area contributed by atoms with Gasteiger partial charge in [0.1, 0.15) is 4.83 Å². The molecule has 0 fully saturated rings. The molecule has 0 atom stereocenters. The number of hydrogen-bond acceptors (Lipinski definition) is 4. The van der Waals surface area contributed by atoms with Crippen molar-refractivity contribution in [2.24, 2.45) is 0 Å². The molecular formula is C25H24N2OS2. The van der Waals surface area contributed by atoms with E-state index in [0.29, 0.717) is 0 Å². The molecule has 0 radical (unpaired) electrons. The van der Waals surface area contributed by atoms with Gasteiger partial charge in [0.2, 0.25) is 0 Å². The molecule has 5 heteroatoms. The maximum Gasteiger partial charge on any atom is 0.267 e. The lowest BCUT2D eigenvalue weighted by Gasteiger charge is -2.14. The molecule has 152 valence electrons. The molecule has 0 amide bonds. The van der Waals surface area contributed by atoms with E-state index in [-0.39, 0.29) is 5.56 Å². The summed E-state index contributed by atoms with van der Waals surface area (Å²) in [6.45, 7) is 2.07. The van der Waals surface area contributed by atoms with Crippen LogP contribution in [0, 0.1) is 6.92 Å². The molecule has 3 nitrogen and oxygen atoms in total. The van der Waals surface area contributed by atoms with Crippen molar-refractivity contribution in [3.8, 4) is 5.69 Å². The summed E-state index contributed by atoms with van der Waals surface area (Å²) in [5.74, 6) is 0.888. The first-order valence-corrected chi connectivity index (χ1v) is 12.3. The average molecular weight is 433 g/mol. The first kappa shape index (κ1) is 19.6. The van der Waals surface area contributed by atoms with Crippen molar-refractivity contribution >= 4 is 33.3 Å². The molecule has 4 aromatic rings. The molecule has 0 N–H and O–H groups in total. The summed E-state index contributed by atoms with van der Waals surface area (Å²) in [5.41, 5.74) is 4.73. The van der Waals surface area contributed by atoms with Gasteiger partial charge in [0.05, 0.1) is 11.1 Å². The van der Waals surface area contributed by atoms with E-state index in [1.54, 1.807) is 23.1 Å². The minimum absolute atomic E-state index is 0.0884. The van der Waals surface area contributed by atoms with Crippen molar-refractivity contribution in [2.45, 2.75) is 44.2 Å². The van der Waals surface area contributed by atoms with Crippen molar-refractivity contribution in [3.05, 3.63) is 86.5 Å². The van der Waals surface area contributed by atoms with Crippen LogP contribution in [0.1, 0.15) is 34.4 Å². The van der Waals surface area contributed by atoms with E-state index < -0.39 is 0 Å². The molecule has 0 saturated carbocycles. The number of nitrogens with zero attached hydrogens (tertiary/aromatic N) is 2. The van der Waals surface area contributed by atoms with Crippen molar-refractivity contribution in [1.82, 2.24) is 9.55 Å². The van der Waals surface area contributed by atoms with Gasteiger partial charge in [-0.2, -0.15) is 0 Å². The molecule has 2 aromatic carbocycles. The standard InChI is InChI=1S/C25H24N2OS2/c1-17-11-13-19(14-12-17)27-24(28)22-20-9-5-6-10-21(20)30-23(22)26-25(27)29-16-15-18-7-3-2-4-8-18/h2-4,7-8,11-14H,5-6,9-10,15-16H2,1H3. The molecule has 0 unspecified atom stereocenters. The quantitative estimate of drug-likeness (QED) is 0.288. The summed E-state index contributed by atoms with van der Waals surface area (Å²) in [7, 11) is 0. The van der Waals surface area contributed by atoms with E-state index in [2.05, 4.69) is 43.3 Å². The van der Waals surface area contributed by atoms with Crippen LogP contribution in [0.15, 0.2) is 64.5 Å². The molecule has 0 spiro atoms. The van der Waals surface area contributed by atoms with Crippen molar-refractivity contribution in [3.63, 3.8) is 0 Å². The van der Waals surface area contributed by atoms with Crippen molar-refractivity contribution in [2.75, 3.05) is 5.75 Å². The molecule has 2 aromatic heterocycles. The van der Waals surface area contributed by atoms with Crippen molar-refractivity contribution in [1.29, 1.82) is 0 Å². The number of aromatic nitrogens is 2.